The molecule has 0 unspecified atom stereocenters. The molecule has 4 rings (SSSR count). The Hall–Kier alpha value is -3.33. The van der Waals surface area contributed by atoms with Crippen molar-refractivity contribution in [1.82, 2.24) is 10.2 Å². The van der Waals surface area contributed by atoms with Crippen molar-refractivity contribution >= 4 is 31.6 Å². The summed E-state index contributed by atoms with van der Waals surface area (Å²) in [5.41, 5.74) is 2.14. The molecule has 2 aliphatic rings. The smallest absolute Gasteiger partial charge is 0.305 e. The molecule has 1 aliphatic heterocycles. The first kappa shape index (κ1) is 32.6. The number of halogens is 1. The predicted molar refractivity (Wildman–Crippen MR) is 171 cm³/mol. The molecule has 1 saturated carbocycles. The summed E-state index contributed by atoms with van der Waals surface area (Å²) in [5, 5.41) is 11.5. The zero-order valence-corrected chi connectivity index (χ0v) is 27.4. The van der Waals surface area contributed by atoms with E-state index < -0.39 is 25.5 Å². The fraction of sp³-hybridized carbons (Fsp3) is 0.529. The maximum Gasteiger partial charge on any atom is 0.305 e. The van der Waals surface area contributed by atoms with Crippen LogP contribution in [0.2, 0.25) is 25.2 Å². The van der Waals surface area contributed by atoms with Gasteiger partial charge in [0.1, 0.15) is 17.2 Å². The van der Waals surface area contributed by atoms with Gasteiger partial charge in [-0.25, -0.2) is 4.39 Å². The predicted octanol–water partition coefficient (Wildman–Crippen LogP) is 7.21. The largest absolute Gasteiger partial charge is 0.481 e. The number of carboxylic acids is 1. The average molecular weight is 608 g/mol. The van der Waals surface area contributed by atoms with Crippen molar-refractivity contribution in [3.05, 3.63) is 71.0 Å². The van der Waals surface area contributed by atoms with E-state index in [0.717, 1.165) is 37.7 Å². The van der Waals surface area contributed by atoms with Crippen LogP contribution in [0.15, 0.2) is 53.5 Å². The summed E-state index contributed by atoms with van der Waals surface area (Å²) in [6.45, 7) is 13.8. The maximum absolute atomic E-state index is 14.4. The Balaban J connectivity index is 1.72. The number of amides is 2. The van der Waals surface area contributed by atoms with Crippen LogP contribution in [0.25, 0.3) is 0 Å². The second kappa shape index (κ2) is 12.7. The van der Waals surface area contributed by atoms with Crippen LogP contribution in [-0.2, 0) is 9.59 Å². The van der Waals surface area contributed by atoms with Gasteiger partial charge in [-0.1, -0.05) is 64.7 Å². The van der Waals surface area contributed by atoms with Gasteiger partial charge in [0, 0.05) is 25.7 Å². The molecule has 0 aromatic heterocycles. The average Bonchev–Trinajstić information content (AvgIpc) is 3.19. The van der Waals surface area contributed by atoms with Crippen molar-refractivity contribution in [3.63, 3.8) is 0 Å². The number of hydrogen-bond acceptors (Lipinski definition) is 4. The Kier molecular flexibility index (Phi) is 9.64. The molecular weight excluding hydrogens is 561 g/mol. The van der Waals surface area contributed by atoms with Gasteiger partial charge in [0.25, 0.3) is 11.8 Å². The summed E-state index contributed by atoms with van der Waals surface area (Å²) in [6, 6.07) is 13.1. The quantitative estimate of drug-likeness (QED) is 0.279. The van der Waals surface area contributed by atoms with E-state index in [9.17, 15) is 18.8 Å². The third kappa shape index (κ3) is 7.79. The zero-order chi connectivity index (χ0) is 31.6. The monoisotopic (exact) mass is 607 g/mol. The van der Waals surface area contributed by atoms with Crippen LogP contribution in [-0.4, -0.2) is 53.8 Å². The van der Waals surface area contributed by atoms with E-state index in [1.54, 1.807) is 24.3 Å². The molecule has 2 amide bonds. The SMILES string of the molecule is CC(C)(C)CC[C@H](c1ccc(C(=O)NCCC(=O)O)cc1)N1C(=O)C(c2cccc(F)c2)=NC12CCC([Si](C)(C)C)CC2. The summed E-state index contributed by atoms with van der Waals surface area (Å²) in [4.78, 5) is 45.1. The van der Waals surface area contributed by atoms with E-state index in [1.165, 1.54) is 12.1 Å². The summed E-state index contributed by atoms with van der Waals surface area (Å²) < 4.78 is 14.3. The molecule has 1 atom stereocenters. The Morgan fingerprint density at radius 3 is 2.33 bits per heavy atom. The van der Waals surface area contributed by atoms with Crippen LogP contribution in [0.1, 0.15) is 93.2 Å². The van der Waals surface area contributed by atoms with Crippen molar-refractivity contribution in [1.29, 1.82) is 0 Å². The number of aliphatic carboxylic acids is 1. The van der Waals surface area contributed by atoms with Crippen LogP contribution < -0.4 is 5.32 Å². The number of carbonyl (C=O) groups excluding carboxylic acids is 2. The van der Waals surface area contributed by atoms with Gasteiger partial charge >= 0.3 is 5.97 Å². The molecule has 1 heterocycles. The standard InChI is InChI=1S/C34H46FN3O4Si/c1-33(2,3)18-16-28(23-10-12-24(13-11-23)31(41)36-21-17-29(39)40)38-32(42)30(25-8-7-9-26(35)22-25)37-34(38)19-14-27(15-20-34)43(4,5)6/h7-13,22,27-28H,14-21H2,1-6H3,(H,36,41)(H,39,40)/t27?,28-,34?/m1/s1. The normalized spacial score (nSPS) is 21.6. The number of benzene rings is 2. The van der Waals surface area contributed by atoms with Crippen LogP contribution >= 0.6 is 0 Å². The first-order valence-electron chi connectivity index (χ1n) is 15.4. The molecule has 0 radical (unpaired) electrons. The summed E-state index contributed by atoms with van der Waals surface area (Å²) in [6.07, 6.45) is 4.96. The number of nitrogens with one attached hydrogen (secondary N) is 1. The van der Waals surface area contributed by atoms with Gasteiger partial charge in [-0.15, -0.1) is 0 Å². The first-order chi connectivity index (χ1) is 20.1. The lowest BCUT2D eigenvalue weighted by Crippen LogP contribution is -2.51. The number of aliphatic imine (C=N–C) groups is 1. The minimum Gasteiger partial charge on any atom is -0.481 e. The molecular formula is C34H46FN3O4Si. The molecule has 0 saturated heterocycles. The number of hydrogen-bond donors (Lipinski definition) is 2. The Bertz CT molecular complexity index is 1370. The van der Waals surface area contributed by atoms with Crippen molar-refractivity contribution in [2.45, 2.75) is 103 Å². The molecule has 2 aromatic carbocycles. The number of nitrogens with zero attached hydrogens (tertiary/aromatic N) is 2. The third-order valence-corrected chi connectivity index (χ3v) is 12.0. The van der Waals surface area contributed by atoms with E-state index in [4.69, 9.17) is 10.1 Å². The fourth-order valence-corrected chi connectivity index (χ4v) is 8.44. The minimum absolute atomic E-state index is 0.0277. The highest BCUT2D eigenvalue weighted by Gasteiger charge is 2.53. The number of carbonyl (C=O) groups is 3. The van der Waals surface area contributed by atoms with Gasteiger partial charge in [0.2, 0.25) is 0 Å². The molecule has 7 nitrogen and oxygen atoms in total. The highest BCUT2D eigenvalue weighted by Crippen LogP contribution is 2.50. The van der Waals surface area contributed by atoms with E-state index in [2.05, 4.69) is 45.7 Å². The summed E-state index contributed by atoms with van der Waals surface area (Å²) in [5.74, 6) is -1.88. The van der Waals surface area contributed by atoms with Crippen molar-refractivity contribution in [2.75, 3.05) is 6.54 Å². The van der Waals surface area contributed by atoms with Crippen LogP contribution in [0.3, 0.4) is 0 Å². The Labute approximate surface area is 256 Å². The van der Waals surface area contributed by atoms with E-state index in [0.29, 0.717) is 28.8 Å². The van der Waals surface area contributed by atoms with Crippen LogP contribution in [0, 0.1) is 11.2 Å². The van der Waals surface area contributed by atoms with Gasteiger partial charge in [-0.2, -0.15) is 0 Å². The lowest BCUT2D eigenvalue weighted by atomic mass is 9.83. The summed E-state index contributed by atoms with van der Waals surface area (Å²) in [7, 11) is -1.39. The highest BCUT2D eigenvalue weighted by atomic mass is 28.3. The first-order valence-corrected chi connectivity index (χ1v) is 19.0. The van der Waals surface area contributed by atoms with E-state index in [1.807, 2.05) is 17.0 Å². The Morgan fingerprint density at radius 1 is 1.12 bits per heavy atom. The lowest BCUT2D eigenvalue weighted by molar-refractivity contribution is -0.137. The van der Waals surface area contributed by atoms with Gasteiger partial charge in [0.15, 0.2) is 0 Å². The topological polar surface area (TPSA) is 99.1 Å². The molecule has 0 bridgehead atoms. The molecule has 232 valence electrons. The molecule has 1 spiro atoms. The second-order valence-corrected chi connectivity index (χ2v) is 20.0. The van der Waals surface area contributed by atoms with E-state index in [-0.39, 0.29) is 36.2 Å². The fourth-order valence-electron chi connectivity index (χ4n) is 6.42. The molecule has 1 aliphatic carbocycles. The highest BCUT2D eigenvalue weighted by molar-refractivity contribution is 6.77. The lowest BCUT2D eigenvalue weighted by Gasteiger charge is -2.47. The third-order valence-electron chi connectivity index (χ3n) is 8.96. The minimum atomic E-state index is -1.39. The molecule has 43 heavy (non-hydrogen) atoms. The molecule has 2 aromatic rings. The molecule has 1 fully saturated rings. The van der Waals surface area contributed by atoms with Crippen molar-refractivity contribution < 1.29 is 23.9 Å². The number of rotatable bonds is 10. The second-order valence-electron chi connectivity index (χ2n) is 14.4. The van der Waals surface area contributed by atoms with Gasteiger partial charge in [-0.05, 0) is 79.3 Å². The van der Waals surface area contributed by atoms with Gasteiger partial charge in [-0.3, -0.25) is 19.4 Å². The molecule has 2 N–H and O–H groups in total. The maximum atomic E-state index is 14.4. The van der Waals surface area contributed by atoms with Gasteiger partial charge < -0.3 is 15.3 Å². The van der Waals surface area contributed by atoms with Gasteiger partial charge in [0.05, 0.1) is 12.5 Å². The van der Waals surface area contributed by atoms with Crippen molar-refractivity contribution in [2.24, 2.45) is 10.4 Å². The Morgan fingerprint density at radius 2 is 1.77 bits per heavy atom. The summed E-state index contributed by atoms with van der Waals surface area (Å²) >= 11 is 0. The van der Waals surface area contributed by atoms with Crippen LogP contribution in [0.4, 0.5) is 4.39 Å². The molecule has 9 heteroatoms. The van der Waals surface area contributed by atoms with Crippen LogP contribution in [0.5, 0.6) is 0 Å². The van der Waals surface area contributed by atoms with Crippen molar-refractivity contribution in [3.8, 4) is 0 Å². The zero-order valence-electron chi connectivity index (χ0n) is 26.4. The van der Waals surface area contributed by atoms with E-state index >= 15 is 0 Å². The number of carboxylic acid groups (broad SMARTS) is 1.